The average molecular weight is 148 g/mol. The second-order valence-corrected chi connectivity index (χ2v) is 2.56. The third-order valence-corrected chi connectivity index (χ3v) is 1.78. The van der Waals surface area contributed by atoms with E-state index in [2.05, 4.69) is 42.5 Å². The molecule has 0 bridgehead atoms. The summed E-state index contributed by atoms with van der Waals surface area (Å²) in [6.07, 6.45) is 8.49. The van der Waals surface area contributed by atoms with E-state index in [4.69, 9.17) is 0 Å². The molecule has 0 unspecified atom stereocenters. The first-order valence-electron chi connectivity index (χ1n) is 3.79. The zero-order valence-corrected chi connectivity index (χ0v) is 7.25. The predicted octanol–water partition coefficient (Wildman–Crippen LogP) is -0.163. The Hall–Kier alpha value is -0.703. The van der Waals surface area contributed by atoms with Crippen molar-refractivity contribution in [3.8, 4) is 0 Å². The molecule has 1 aliphatic carbocycles. The molecule has 2 rings (SSSR count). The van der Waals surface area contributed by atoms with Gasteiger partial charge in [-0.25, -0.2) is 0 Å². The fraction of sp³-hybridized carbons (Fsp3) is 0.0909. The molecule has 1 aromatic carbocycles. The van der Waals surface area contributed by atoms with E-state index in [1.807, 2.05) is 6.07 Å². The van der Waals surface area contributed by atoms with Gasteiger partial charge < -0.3 is 0 Å². The Kier molecular flexibility index (Phi) is 3.41. The number of benzene rings is 1. The summed E-state index contributed by atoms with van der Waals surface area (Å²) in [4.78, 5) is 0. The van der Waals surface area contributed by atoms with Crippen molar-refractivity contribution >= 4 is 5.57 Å². The Morgan fingerprint density at radius 3 is 2.42 bits per heavy atom. The average Bonchev–Trinajstić information content (AvgIpc) is 2.58. The predicted molar refractivity (Wildman–Crippen MR) is 46.8 cm³/mol. The van der Waals surface area contributed by atoms with Crippen molar-refractivity contribution < 1.29 is 18.9 Å². The van der Waals surface area contributed by atoms with Crippen molar-refractivity contribution in [2.45, 2.75) is 6.42 Å². The van der Waals surface area contributed by atoms with Crippen LogP contribution in [-0.2, 0) is 0 Å². The summed E-state index contributed by atoms with van der Waals surface area (Å²) in [7, 11) is 0. The van der Waals surface area contributed by atoms with Crippen molar-refractivity contribution in [1.29, 1.82) is 0 Å². The standard InChI is InChI=1S/C11H9.Li/c1-2-6-10(7-3-1)11-8-4-5-9-11;/h1-4,6-8H,5H2;/q-1;+1. The Morgan fingerprint density at radius 1 is 1.08 bits per heavy atom. The van der Waals surface area contributed by atoms with Crippen LogP contribution in [0.5, 0.6) is 0 Å². The molecule has 0 radical (unpaired) electrons. The molecule has 0 aliphatic heterocycles. The van der Waals surface area contributed by atoms with E-state index >= 15 is 0 Å². The normalized spacial score (nSPS) is 13.8. The van der Waals surface area contributed by atoms with Crippen LogP contribution in [0, 0.1) is 6.08 Å². The van der Waals surface area contributed by atoms with E-state index in [-0.39, 0.29) is 18.9 Å². The van der Waals surface area contributed by atoms with E-state index in [0.29, 0.717) is 0 Å². The van der Waals surface area contributed by atoms with Crippen molar-refractivity contribution in [3.63, 3.8) is 0 Å². The zero-order chi connectivity index (χ0) is 7.52. The molecule has 0 nitrogen and oxygen atoms in total. The van der Waals surface area contributed by atoms with E-state index in [0.717, 1.165) is 6.42 Å². The quantitative estimate of drug-likeness (QED) is 0.383. The molecule has 0 aromatic heterocycles. The van der Waals surface area contributed by atoms with Crippen LogP contribution in [0.25, 0.3) is 5.57 Å². The molecule has 1 heteroatoms. The Labute approximate surface area is 85.2 Å². The van der Waals surface area contributed by atoms with Gasteiger partial charge in [0.1, 0.15) is 0 Å². The minimum atomic E-state index is 0. The maximum absolute atomic E-state index is 3.28. The molecule has 0 spiro atoms. The molecule has 0 saturated heterocycles. The van der Waals surface area contributed by atoms with Gasteiger partial charge in [0.15, 0.2) is 0 Å². The van der Waals surface area contributed by atoms with Crippen LogP contribution in [0.1, 0.15) is 12.0 Å². The zero-order valence-electron chi connectivity index (χ0n) is 7.25. The molecule has 1 aromatic rings. The van der Waals surface area contributed by atoms with E-state index < -0.39 is 0 Å². The topological polar surface area (TPSA) is 0 Å². The summed E-state index contributed by atoms with van der Waals surface area (Å²) >= 11 is 0. The van der Waals surface area contributed by atoms with Gasteiger partial charge >= 0.3 is 18.9 Å². The van der Waals surface area contributed by atoms with Crippen molar-refractivity contribution in [2.75, 3.05) is 0 Å². The van der Waals surface area contributed by atoms with Gasteiger partial charge in [0.2, 0.25) is 0 Å². The Bertz CT molecular complexity index is 296. The van der Waals surface area contributed by atoms with Gasteiger partial charge in [0, 0.05) is 0 Å². The molecule has 0 atom stereocenters. The SMILES string of the molecule is [C-]1=C(c2ccccc2)C=CC1.[Li+]. The van der Waals surface area contributed by atoms with E-state index in [1.54, 1.807) is 0 Å². The second kappa shape index (κ2) is 4.35. The van der Waals surface area contributed by atoms with Gasteiger partial charge in [0.05, 0.1) is 0 Å². The minimum Gasteiger partial charge on any atom is -0.197 e. The molecule has 0 heterocycles. The summed E-state index contributed by atoms with van der Waals surface area (Å²) in [6, 6.07) is 10.4. The van der Waals surface area contributed by atoms with Crippen LogP contribution in [0.2, 0.25) is 0 Å². The Balaban J connectivity index is 0.000000720. The first-order valence-corrected chi connectivity index (χ1v) is 3.79. The molecule has 12 heavy (non-hydrogen) atoms. The van der Waals surface area contributed by atoms with Crippen LogP contribution in [0.3, 0.4) is 0 Å². The van der Waals surface area contributed by atoms with E-state index in [9.17, 15) is 0 Å². The van der Waals surface area contributed by atoms with Crippen LogP contribution in [0.4, 0.5) is 0 Å². The van der Waals surface area contributed by atoms with Gasteiger partial charge in [-0.3, -0.25) is 0 Å². The fourth-order valence-electron chi connectivity index (χ4n) is 1.22. The third kappa shape index (κ3) is 1.91. The van der Waals surface area contributed by atoms with Crippen LogP contribution >= 0.6 is 0 Å². The maximum Gasteiger partial charge on any atom is 1.00 e. The van der Waals surface area contributed by atoms with E-state index in [1.165, 1.54) is 11.1 Å². The van der Waals surface area contributed by atoms with Gasteiger partial charge in [-0.05, 0) is 0 Å². The molecule has 54 valence electrons. The number of hydrogen-bond donors (Lipinski definition) is 0. The first-order chi connectivity index (χ1) is 5.47. The number of allylic oxidation sites excluding steroid dienone is 4. The largest absolute Gasteiger partial charge is 1.00 e. The monoisotopic (exact) mass is 148 g/mol. The van der Waals surface area contributed by atoms with Gasteiger partial charge in [-0.15, -0.1) is 23.8 Å². The van der Waals surface area contributed by atoms with Crippen molar-refractivity contribution in [3.05, 3.63) is 54.1 Å². The van der Waals surface area contributed by atoms with Crippen LogP contribution < -0.4 is 18.9 Å². The molecule has 0 saturated carbocycles. The van der Waals surface area contributed by atoms with Crippen LogP contribution in [0.15, 0.2) is 42.5 Å². The van der Waals surface area contributed by atoms with Gasteiger partial charge in [-0.2, -0.15) is 17.7 Å². The molecular weight excluding hydrogens is 139 g/mol. The minimum absolute atomic E-state index is 0. The molecular formula is C11H9Li. The summed E-state index contributed by atoms with van der Waals surface area (Å²) < 4.78 is 0. The molecule has 0 amide bonds. The third-order valence-electron chi connectivity index (χ3n) is 1.78. The summed E-state index contributed by atoms with van der Waals surface area (Å²) in [6.45, 7) is 0. The molecule has 0 N–H and O–H groups in total. The summed E-state index contributed by atoms with van der Waals surface area (Å²) in [5, 5.41) is 0. The van der Waals surface area contributed by atoms with Crippen molar-refractivity contribution in [1.82, 2.24) is 0 Å². The molecule has 0 fully saturated rings. The maximum atomic E-state index is 3.28. The molecule has 1 aliphatic rings. The Morgan fingerprint density at radius 2 is 1.83 bits per heavy atom. The first kappa shape index (κ1) is 9.39. The van der Waals surface area contributed by atoms with Gasteiger partial charge in [-0.1, -0.05) is 24.6 Å². The number of rotatable bonds is 1. The second-order valence-electron chi connectivity index (χ2n) is 2.56. The van der Waals surface area contributed by atoms with Gasteiger partial charge in [0.25, 0.3) is 0 Å². The smallest absolute Gasteiger partial charge is 0.197 e. The fourth-order valence-corrected chi connectivity index (χ4v) is 1.22. The van der Waals surface area contributed by atoms with Crippen molar-refractivity contribution in [2.24, 2.45) is 0 Å². The summed E-state index contributed by atoms with van der Waals surface area (Å²) in [5.74, 6) is 0. The number of hydrogen-bond acceptors (Lipinski definition) is 0. The summed E-state index contributed by atoms with van der Waals surface area (Å²) in [5.41, 5.74) is 2.49. The van der Waals surface area contributed by atoms with Crippen LogP contribution in [-0.4, -0.2) is 0 Å².